The SMILES string of the molecule is NCc1ccc(C=c2[nH]c(=O)c(=Cc3ccccc3)n(OC(=O)C(F)(F)F)c2=O)cc1. The summed E-state index contributed by atoms with van der Waals surface area (Å²) in [5.74, 6) is -2.64. The molecule has 0 spiro atoms. The van der Waals surface area contributed by atoms with Crippen LogP contribution in [0.2, 0.25) is 0 Å². The lowest BCUT2D eigenvalue weighted by Gasteiger charge is -2.09. The van der Waals surface area contributed by atoms with Gasteiger partial charge in [-0.2, -0.15) is 13.2 Å². The van der Waals surface area contributed by atoms with Gasteiger partial charge in [-0.05, 0) is 28.8 Å². The highest BCUT2D eigenvalue weighted by atomic mass is 19.4. The van der Waals surface area contributed by atoms with E-state index in [0.29, 0.717) is 17.7 Å². The number of alkyl halides is 3. The monoisotopic (exact) mass is 431 g/mol. The van der Waals surface area contributed by atoms with Crippen molar-refractivity contribution in [3.05, 3.63) is 103 Å². The fourth-order valence-electron chi connectivity index (χ4n) is 2.62. The Balaban J connectivity index is 2.25. The molecule has 3 aromatic rings. The van der Waals surface area contributed by atoms with Gasteiger partial charge < -0.3 is 15.6 Å². The predicted molar refractivity (Wildman–Crippen MR) is 106 cm³/mol. The Labute approximate surface area is 172 Å². The number of hydrogen-bond donors (Lipinski definition) is 2. The second-order valence-corrected chi connectivity index (χ2v) is 6.37. The van der Waals surface area contributed by atoms with Crippen LogP contribution in [0.5, 0.6) is 0 Å². The molecule has 0 unspecified atom stereocenters. The standard InChI is InChI=1S/C21H16F3N3O4/c22-21(23,24)20(30)31-27-17(11-13-4-2-1-3-5-13)18(28)26-16(19(27)29)10-14-6-8-15(12-25)9-7-14/h1-11H,12,25H2,(H,26,28). The molecule has 0 aliphatic carbocycles. The zero-order valence-electron chi connectivity index (χ0n) is 15.8. The second-order valence-electron chi connectivity index (χ2n) is 6.37. The van der Waals surface area contributed by atoms with Crippen molar-refractivity contribution < 1.29 is 22.8 Å². The average Bonchev–Trinajstić information content (AvgIpc) is 2.74. The summed E-state index contributed by atoms with van der Waals surface area (Å²) in [6, 6.07) is 14.6. The van der Waals surface area contributed by atoms with Crippen molar-refractivity contribution >= 4 is 18.1 Å². The smallest absolute Gasteiger partial charge is 0.326 e. The van der Waals surface area contributed by atoms with Crippen molar-refractivity contribution in [2.45, 2.75) is 12.7 Å². The highest BCUT2D eigenvalue weighted by Crippen LogP contribution is 2.14. The second kappa shape index (κ2) is 8.84. The lowest BCUT2D eigenvalue weighted by Crippen LogP contribution is -2.57. The van der Waals surface area contributed by atoms with Crippen LogP contribution >= 0.6 is 0 Å². The van der Waals surface area contributed by atoms with E-state index in [9.17, 15) is 27.6 Å². The Bertz CT molecular complexity index is 1330. The van der Waals surface area contributed by atoms with Gasteiger partial charge in [0.25, 0.3) is 5.56 Å². The first-order valence-corrected chi connectivity index (χ1v) is 8.91. The van der Waals surface area contributed by atoms with Crippen LogP contribution in [0.4, 0.5) is 13.2 Å². The van der Waals surface area contributed by atoms with Crippen LogP contribution in [0.15, 0.2) is 64.2 Å². The molecule has 0 atom stereocenters. The van der Waals surface area contributed by atoms with Gasteiger partial charge in [0.05, 0.1) is 0 Å². The number of nitrogens with zero attached hydrogens (tertiary/aromatic N) is 1. The quantitative estimate of drug-likeness (QED) is 0.613. The van der Waals surface area contributed by atoms with Crippen molar-refractivity contribution in [2.24, 2.45) is 5.73 Å². The summed E-state index contributed by atoms with van der Waals surface area (Å²) < 4.78 is 38.3. The number of hydrogen-bond acceptors (Lipinski definition) is 5. The molecule has 0 radical (unpaired) electrons. The van der Waals surface area contributed by atoms with Crippen molar-refractivity contribution in [1.82, 2.24) is 9.71 Å². The number of carbonyl (C=O) groups excluding carboxylic acids is 1. The largest absolute Gasteiger partial charge is 0.493 e. The minimum Gasteiger partial charge on any atom is -0.326 e. The fourth-order valence-corrected chi connectivity index (χ4v) is 2.62. The minimum atomic E-state index is -5.37. The highest BCUT2D eigenvalue weighted by Gasteiger charge is 2.42. The van der Waals surface area contributed by atoms with Crippen LogP contribution in [0.3, 0.4) is 0 Å². The van der Waals surface area contributed by atoms with Crippen LogP contribution in [0, 0.1) is 0 Å². The molecule has 0 fully saturated rings. The number of carbonyl (C=O) groups is 1. The first kappa shape index (κ1) is 21.8. The lowest BCUT2D eigenvalue weighted by atomic mass is 10.1. The number of H-pyrrole nitrogens is 1. The Morgan fingerprint density at radius 2 is 1.61 bits per heavy atom. The Kier molecular flexibility index (Phi) is 6.21. The zero-order valence-corrected chi connectivity index (χ0v) is 15.8. The molecular formula is C21H16F3N3O4. The van der Waals surface area contributed by atoms with E-state index < -0.39 is 28.6 Å². The number of aromatic amines is 1. The summed E-state index contributed by atoms with van der Waals surface area (Å²) in [5, 5.41) is -0.949. The van der Waals surface area contributed by atoms with Gasteiger partial charge in [0.15, 0.2) is 5.35 Å². The normalized spacial score (nSPS) is 12.8. The molecule has 1 aromatic heterocycles. The van der Waals surface area contributed by atoms with Crippen LogP contribution in [-0.4, -0.2) is 21.9 Å². The number of rotatable bonds is 4. The van der Waals surface area contributed by atoms with Gasteiger partial charge in [0, 0.05) is 6.54 Å². The van der Waals surface area contributed by atoms with Gasteiger partial charge in [-0.25, -0.2) is 4.79 Å². The van der Waals surface area contributed by atoms with Gasteiger partial charge in [-0.1, -0.05) is 54.6 Å². The molecule has 2 aromatic carbocycles. The molecule has 0 aliphatic heterocycles. The van der Waals surface area contributed by atoms with Gasteiger partial charge in [-0.15, -0.1) is 4.73 Å². The molecular weight excluding hydrogens is 415 g/mol. The number of nitrogens with one attached hydrogen (secondary N) is 1. The third-order valence-corrected chi connectivity index (χ3v) is 4.15. The van der Waals surface area contributed by atoms with Crippen LogP contribution in [0.1, 0.15) is 16.7 Å². The predicted octanol–water partition coefficient (Wildman–Crippen LogP) is 0.170. The van der Waals surface area contributed by atoms with Crippen molar-refractivity contribution in [1.29, 1.82) is 0 Å². The van der Waals surface area contributed by atoms with Gasteiger partial charge in [0.1, 0.15) is 5.35 Å². The zero-order chi connectivity index (χ0) is 22.6. The van der Waals surface area contributed by atoms with Crippen molar-refractivity contribution in [3.8, 4) is 0 Å². The van der Waals surface area contributed by atoms with Crippen molar-refractivity contribution in [2.75, 3.05) is 0 Å². The Morgan fingerprint density at radius 1 is 1.00 bits per heavy atom. The third-order valence-electron chi connectivity index (χ3n) is 4.15. The highest BCUT2D eigenvalue weighted by molar-refractivity contribution is 5.75. The van der Waals surface area contributed by atoms with Crippen LogP contribution in [0.25, 0.3) is 12.2 Å². The number of benzene rings is 2. The van der Waals surface area contributed by atoms with E-state index in [1.807, 2.05) is 0 Å². The first-order valence-electron chi connectivity index (χ1n) is 8.91. The maximum Gasteiger partial charge on any atom is 0.493 e. The molecule has 160 valence electrons. The van der Waals surface area contributed by atoms with Crippen molar-refractivity contribution in [3.63, 3.8) is 0 Å². The summed E-state index contributed by atoms with van der Waals surface area (Å²) in [4.78, 5) is 43.4. The Morgan fingerprint density at radius 3 is 2.19 bits per heavy atom. The molecule has 0 amide bonds. The molecule has 31 heavy (non-hydrogen) atoms. The molecule has 3 N–H and O–H groups in total. The molecule has 7 nitrogen and oxygen atoms in total. The van der Waals surface area contributed by atoms with E-state index in [-0.39, 0.29) is 10.1 Å². The molecule has 0 bridgehead atoms. The Hall–Kier alpha value is -3.92. The molecule has 0 aliphatic rings. The van der Waals surface area contributed by atoms with E-state index in [0.717, 1.165) is 11.6 Å². The van der Waals surface area contributed by atoms with Gasteiger partial charge in [0.2, 0.25) is 0 Å². The fraction of sp³-hybridized carbons (Fsp3) is 0.0952. The van der Waals surface area contributed by atoms with Crippen LogP contribution < -0.4 is 32.4 Å². The molecule has 0 saturated carbocycles. The molecule has 3 rings (SSSR count). The minimum absolute atomic E-state index is 0.0434. The summed E-state index contributed by atoms with van der Waals surface area (Å²) in [7, 11) is 0. The summed E-state index contributed by atoms with van der Waals surface area (Å²) >= 11 is 0. The van der Waals surface area contributed by atoms with E-state index in [1.165, 1.54) is 6.08 Å². The van der Waals surface area contributed by atoms with E-state index >= 15 is 0 Å². The molecule has 10 heteroatoms. The topological polar surface area (TPSA) is 107 Å². The van der Waals surface area contributed by atoms with Gasteiger partial charge in [-0.3, -0.25) is 9.59 Å². The average molecular weight is 431 g/mol. The van der Waals surface area contributed by atoms with Crippen LogP contribution in [-0.2, 0) is 11.3 Å². The summed E-state index contributed by atoms with van der Waals surface area (Å²) in [6.45, 7) is 0.293. The lowest BCUT2D eigenvalue weighted by molar-refractivity contribution is -0.200. The molecule has 1 heterocycles. The maximum absolute atomic E-state index is 12.8. The first-order chi connectivity index (χ1) is 14.7. The number of halogens is 3. The number of aromatic nitrogens is 2. The van der Waals surface area contributed by atoms with E-state index in [4.69, 9.17) is 5.73 Å². The summed E-state index contributed by atoms with van der Waals surface area (Å²) in [5.41, 5.74) is 5.13. The number of nitrogens with two attached hydrogens (primary N) is 1. The van der Waals surface area contributed by atoms with Gasteiger partial charge >= 0.3 is 17.7 Å². The molecule has 0 saturated heterocycles. The third kappa shape index (κ3) is 5.17. The van der Waals surface area contributed by atoms with E-state index in [1.54, 1.807) is 54.6 Å². The maximum atomic E-state index is 12.8. The summed E-state index contributed by atoms with van der Waals surface area (Å²) in [6.07, 6.45) is -2.99. The van der Waals surface area contributed by atoms with E-state index in [2.05, 4.69) is 9.82 Å².